The summed E-state index contributed by atoms with van der Waals surface area (Å²) in [6, 6.07) is 16.8. The van der Waals surface area contributed by atoms with Crippen LogP contribution in [0.25, 0.3) is 0 Å². The van der Waals surface area contributed by atoms with Gasteiger partial charge in [-0.3, -0.25) is 13.9 Å². The highest BCUT2D eigenvalue weighted by molar-refractivity contribution is 7.92. The predicted octanol–water partition coefficient (Wildman–Crippen LogP) is 5.84. The number of aryl methyl sites for hydroxylation is 1. The van der Waals surface area contributed by atoms with Crippen LogP contribution in [0.2, 0.25) is 10.0 Å². The number of hydrogen-bond donors (Lipinski definition) is 1. The first-order valence-corrected chi connectivity index (χ1v) is 15.1. The Labute approximate surface area is 252 Å². The lowest BCUT2D eigenvalue weighted by Gasteiger charge is -2.33. The molecule has 0 saturated heterocycles. The van der Waals surface area contributed by atoms with E-state index in [4.69, 9.17) is 27.9 Å². The summed E-state index contributed by atoms with van der Waals surface area (Å²) >= 11 is 12.3. The zero-order valence-corrected chi connectivity index (χ0v) is 26.3. The van der Waals surface area contributed by atoms with E-state index < -0.39 is 34.1 Å². The summed E-state index contributed by atoms with van der Waals surface area (Å²) in [6.45, 7) is 8.37. The molecule has 1 atom stereocenters. The second-order valence-corrected chi connectivity index (χ2v) is 13.4. The molecule has 3 aromatic carbocycles. The smallest absolute Gasteiger partial charge is 0.264 e. The third-order valence-electron chi connectivity index (χ3n) is 6.23. The van der Waals surface area contributed by atoms with E-state index in [9.17, 15) is 18.0 Å². The van der Waals surface area contributed by atoms with Gasteiger partial charge in [-0.25, -0.2) is 8.42 Å². The topological polar surface area (TPSA) is 96.0 Å². The van der Waals surface area contributed by atoms with Crippen molar-refractivity contribution in [3.05, 3.63) is 87.9 Å². The normalized spacial score (nSPS) is 12.4. The van der Waals surface area contributed by atoms with E-state index in [1.165, 1.54) is 30.2 Å². The number of methoxy groups -OCH3 is 1. The Morgan fingerprint density at radius 1 is 0.976 bits per heavy atom. The molecule has 8 nitrogen and oxygen atoms in total. The first kappa shape index (κ1) is 32.2. The maximum absolute atomic E-state index is 14.0. The molecule has 0 aliphatic heterocycles. The Hall–Kier alpha value is -3.27. The lowest BCUT2D eigenvalue weighted by atomic mass is 10.1. The van der Waals surface area contributed by atoms with E-state index >= 15 is 0 Å². The van der Waals surface area contributed by atoms with Crippen molar-refractivity contribution in [1.82, 2.24) is 10.2 Å². The van der Waals surface area contributed by atoms with Crippen LogP contribution >= 0.6 is 23.2 Å². The lowest BCUT2D eigenvalue weighted by molar-refractivity contribution is -0.140. The summed E-state index contributed by atoms with van der Waals surface area (Å²) in [7, 11) is -2.72. The fraction of sp³-hybridized carbons (Fsp3) is 0.333. The average Bonchev–Trinajstić information content (AvgIpc) is 2.91. The summed E-state index contributed by atoms with van der Waals surface area (Å²) < 4.78 is 34.2. The van der Waals surface area contributed by atoms with E-state index in [-0.39, 0.29) is 23.0 Å². The second kappa shape index (κ2) is 13.1. The maximum atomic E-state index is 14.0. The van der Waals surface area contributed by atoms with Gasteiger partial charge in [0.15, 0.2) is 0 Å². The van der Waals surface area contributed by atoms with Crippen molar-refractivity contribution in [1.29, 1.82) is 0 Å². The van der Waals surface area contributed by atoms with Gasteiger partial charge in [-0.05, 0) is 76.6 Å². The fourth-order valence-electron chi connectivity index (χ4n) is 4.02. The van der Waals surface area contributed by atoms with Gasteiger partial charge < -0.3 is 15.0 Å². The summed E-state index contributed by atoms with van der Waals surface area (Å²) in [4.78, 5) is 28.6. The first-order valence-electron chi connectivity index (χ1n) is 12.9. The van der Waals surface area contributed by atoms with Crippen LogP contribution < -0.4 is 14.4 Å². The Morgan fingerprint density at radius 2 is 1.63 bits per heavy atom. The number of sulfonamides is 1. The molecule has 1 unspecified atom stereocenters. The van der Waals surface area contributed by atoms with Crippen molar-refractivity contribution in [2.45, 2.75) is 57.6 Å². The molecule has 11 heteroatoms. The number of ether oxygens (including phenoxy) is 1. The zero-order chi connectivity index (χ0) is 30.5. The molecule has 3 rings (SSSR count). The third kappa shape index (κ3) is 8.38. The molecule has 0 aliphatic carbocycles. The van der Waals surface area contributed by atoms with E-state index in [0.717, 1.165) is 9.87 Å². The van der Waals surface area contributed by atoms with Crippen LogP contribution in [0, 0.1) is 6.92 Å². The molecule has 1 N–H and O–H groups in total. The molecular weight excluding hydrogens is 585 g/mol. The largest absolute Gasteiger partial charge is 0.497 e. The van der Waals surface area contributed by atoms with Gasteiger partial charge in [-0.15, -0.1) is 0 Å². The highest BCUT2D eigenvalue weighted by atomic mass is 35.5. The molecular formula is C30H35Cl2N3O5S. The first-order chi connectivity index (χ1) is 19.1. The van der Waals surface area contributed by atoms with Crippen LogP contribution in [0.15, 0.2) is 71.6 Å². The van der Waals surface area contributed by atoms with Crippen molar-refractivity contribution in [2.24, 2.45) is 0 Å². The van der Waals surface area contributed by atoms with Crippen molar-refractivity contribution in [2.75, 3.05) is 18.0 Å². The van der Waals surface area contributed by atoms with Crippen LogP contribution in [0.3, 0.4) is 0 Å². The van der Waals surface area contributed by atoms with Crippen molar-refractivity contribution < 1.29 is 22.7 Å². The van der Waals surface area contributed by atoms with E-state index in [2.05, 4.69) is 5.32 Å². The average molecular weight is 621 g/mol. The van der Waals surface area contributed by atoms with Crippen LogP contribution in [-0.4, -0.2) is 50.4 Å². The van der Waals surface area contributed by atoms with Crippen LogP contribution in [-0.2, 0) is 26.2 Å². The molecule has 0 spiro atoms. The number of carbonyl (C=O) groups is 2. The number of halogens is 2. The van der Waals surface area contributed by atoms with Gasteiger partial charge in [0.05, 0.1) is 27.7 Å². The van der Waals surface area contributed by atoms with E-state index in [0.29, 0.717) is 21.4 Å². The number of rotatable bonds is 10. The number of benzene rings is 3. The number of amides is 2. The van der Waals surface area contributed by atoms with E-state index in [1.807, 2.05) is 27.7 Å². The predicted molar refractivity (Wildman–Crippen MR) is 163 cm³/mol. The minimum absolute atomic E-state index is 0.00895. The van der Waals surface area contributed by atoms with E-state index in [1.54, 1.807) is 55.5 Å². The number of nitrogens with one attached hydrogen (secondary N) is 1. The molecule has 0 radical (unpaired) electrons. The van der Waals surface area contributed by atoms with Gasteiger partial charge in [-0.2, -0.15) is 0 Å². The number of carbonyl (C=O) groups excluding carboxylic acids is 2. The second-order valence-electron chi connectivity index (χ2n) is 10.7. The highest BCUT2D eigenvalue weighted by Crippen LogP contribution is 2.28. The molecule has 220 valence electrons. The van der Waals surface area contributed by atoms with Crippen molar-refractivity contribution in [3.63, 3.8) is 0 Å². The van der Waals surface area contributed by atoms with Crippen LogP contribution in [0.5, 0.6) is 5.75 Å². The standard InChI is InChI=1S/C30H35Cl2N3O5S/c1-20-10-13-25(14-11-20)41(38,39)35(23-8-7-9-24(17-23)40-6)19-28(36)34(21(2)29(37)33-30(3,4)5)18-22-12-15-26(31)27(32)16-22/h7-17,21H,18-19H2,1-6H3,(H,33,37). The minimum Gasteiger partial charge on any atom is -0.497 e. The SMILES string of the molecule is COc1cccc(N(CC(=O)N(Cc2ccc(Cl)c(Cl)c2)C(C)C(=O)NC(C)(C)C)S(=O)(=O)c2ccc(C)cc2)c1. The number of hydrogen-bond acceptors (Lipinski definition) is 5. The van der Waals surface area contributed by atoms with Gasteiger partial charge in [0.2, 0.25) is 11.8 Å². The van der Waals surface area contributed by atoms with Gasteiger partial charge in [0, 0.05) is 18.2 Å². The summed E-state index contributed by atoms with van der Waals surface area (Å²) in [5, 5.41) is 3.54. The molecule has 0 saturated carbocycles. The lowest BCUT2D eigenvalue weighted by Crippen LogP contribution is -2.54. The molecule has 0 fully saturated rings. The molecule has 0 heterocycles. The molecule has 0 bridgehead atoms. The third-order valence-corrected chi connectivity index (χ3v) is 8.76. The molecule has 0 aromatic heterocycles. The summed E-state index contributed by atoms with van der Waals surface area (Å²) in [6.07, 6.45) is 0. The Kier molecular flexibility index (Phi) is 10.3. The van der Waals surface area contributed by atoms with Crippen molar-refractivity contribution in [3.8, 4) is 5.75 Å². The highest BCUT2D eigenvalue weighted by Gasteiger charge is 2.33. The van der Waals surface area contributed by atoms with Crippen molar-refractivity contribution >= 4 is 50.7 Å². The van der Waals surface area contributed by atoms with Crippen LogP contribution in [0.1, 0.15) is 38.8 Å². The monoisotopic (exact) mass is 619 g/mol. The zero-order valence-electron chi connectivity index (χ0n) is 23.9. The van der Waals surface area contributed by atoms with Crippen LogP contribution in [0.4, 0.5) is 5.69 Å². The molecule has 0 aliphatic rings. The van der Waals surface area contributed by atoms with Gasteiger partial charge in [0.1, 0.15) is 18.3 Å². The minimum atomic E-state index is -4.19. The Morgan fingerprint density at radius 3 is 2.22 bits per heavy atom. The molecule has 2 amide bonds. The van der Waals surface area contributed by atoms with Gasteiger partial charge in [-0.1, -0.05) is 53.0 Å². The fourth-order valence-corrected chi connectivity index (χ4v) is 5.75. The summed E-state index contributed by atoms with van der Waals surface area (Å²) in [5.74, 6) is -0.559. The Bertz CT molecular complexity index is 1510. The summed E-state index contributed by atoms with van der Waals surface area (Å²) in [5.41, 5.74) is 1.20. The molecule has 3 aromatic rings. The molecule has 41 heavy (non-hydrogen) atoms. The maximum Gasteiger partial charge on any atom is 0.264 e. The number of nitrogens with zero attached hydrogens (tertiary/aromatic N) is 2. The quantitative estimate of drug-likeness (QED) is 0.308. The van der Waals surface area contributed by atoms with Gasteiger partial charge in [0.25, 0.3) is 10.0 Å². The number of anilines is 1. The Balaban J connectivity index is 2.07. The van der Waals surface area contributed by atoms with Gasteiger partial charge >= 0.3 is 0 Å².